The van der Waals surface area contributed by atoms with Crippen molar-refractivity contribution >= 4 is 36.7 Å². The lowest BCUT2D eigenvalue weighted by Crippen LogP contribution is -2.14. The highest BCUT2D eigenvalue weighted by Gasteiger charge is 2.22. The van der Waals surface area contributed by atoms with Crippen LogP contribution in [0.1, 0.15) is 0 Å². The topological polar surface area (TPSA) is 86.8 Å². The Balaban J connectivity index is 1.96. The molecule has 3 rings (SSSR count). The second-order valence-electron chi connectivity index (χ2n) is 4.97. The third kappa shape index (κ3) is 3.47. The number of hydrogen-bond donors (Lipinski definition) is 1. The molecule has 1 aromatic heterocycles. The molecule has 25 heavy (non-hydrogen) atoms. The molecule has 0 aliphatic rings. The molecule has 0 aliphatic carbocycles. The standard InChI is InChI=1S/C16H16N2O5S2/c1-21-10-5-7-15(13(8-10)23-3)25(19,20)18-16-17-12-6-4-11(22-2)9-14(12)24-16/h4-9H,1-3H3,(H,17,18). The van der Waals surface area contributed by atoms with Crippen molar-refractivity contribution in [2.45, 2.75) is 4.90 Å². The summed E-state index contributed by atoms with van der Waals surface area (Å²) in [6.45, 7) is 0. The van der Waals surface area contributed by atoms with Gasteiger partial charge in [0.05, 0.1) is 31.5 Å². The van der Waals surface area contributed by atoms with Crippen LogP contribution in [0, 0.1) is 0 Å². The summed E-state index contributed by atoms with van der Waals surface area (Å²) in [4.78, 5) is 4.30. The summed E-state index contributed by atoms with van der Waals surface area (Å²) in [7, 11) is 0.610. The maximum atomic E-state index is 12.7. The molecule has 0 spiro atoms. The van der Waals surface area contributed by atoms with E-state index in [2.05, 4.69) is 9.71 Å². The number of ether oxygens (including phenoxy) is 3. The summed E-state index contributed by atoms with van der Waals surface area (Å²) in [6.07, 6.45) is 0. The summed E-state index contributed by atoms with van der Waals surface area (Å²) < 4.78 is 44.1. The molecule has 0 radical (unpaired) electrons. The van der Waals surface area contributed by atoms with Crippen LogP contribution in [0.3, 0.4) is 0 Å². The second kappa shape index (κ2) is 6.77. The monoisotopic (exact) mass is 380 g/mol. The van der Waals surface area contributed by atoms with Crippen LogP contribution in [-0.4, -0.2) is 34.7 Å². The van der Waals surface area contributed by atoms with Gasteiger partial charge in [-0.05, 0) is 30.3 Å². The molecule has 0 amide bonds. The Morgan fingerprint density at radius 3 is 2.32 bits per heavy atom. The molecule has 7 nitrogen and oxygen atoms in total. The van der Waals surface area contributed by atoms with Gasteiger partial charge in [-0.25, -0.2) is 13.4 Å². The molecule has 0 atom stereocenters. The summed E-state index contributed by atoms with van der Waals surface area (Å²) in [5.41, 5.74) is 0.685. The van der Waals surface area contributed by atoms with E-state index in [0.717, 1.165) is 4.70 Å². The van der Waals surface area contributed by atoms with Crippen LogP contribution < -0.4 is 18.9 Å². The van der Waals surface area contributed by atoms with Crippen molar-refractivity contribution in [3.63, 3.8) is 0 Å². The summed E-state index contributed by atoms with van der Waals surface area (Å²) in [5, 5.41) is 0.265. The minimum atomic E-state index is -3.86. The quantitative estimate of drug-likeness (QED) is 0.707. The van der Waals surface area contributed by atoms with Crippen molar-refractivity contribution in [2.75, 3.05) is 26.1 Å². The van der Waals surface area contributed by atoms with Crippen molar-refractivity contribution in [1.29, 1.82) is 0 Å². The molecule has 0 aliphatic heterocycles. The molecule has 1 heterocycles. The first-order valence-corrected chi connectivity index (χ1v) is 9.46. The number of hydrogen-bond acceptors (Lipinski definition) is 7. The van der Waals surface area contributed by atoms with Gasteiger partial charge in [0.25, 0.3) is 10.0 Å². The minimum Gasteiger partial charge on any atom is -0.497 e. The van der Waals surface area contributed by atoms with E-state index in [9.17, 15) is 8.42 Å². The number of benzene rings is 2. The van der Waals surface area contributed by atoms with Gasteiger partial charge >= 0.3 is 0 Å². The van der Waals surface area contributed by atoms with Gasteiger partial charge in [-0.2, -0.15) is 0 Å². The van der Waals surface area contributed by atoms with Crippen LogP contribution >= 0.6 is 11.3 Å². The van der Waals surface area contributed by atoms with Gasteiger partial charge in [-0.15, -0.1) is 0 Å². The fourth-order valence-electron chi connectivity index (χ4n) is 2.24. The van der Waals surface area contributed by atoms with Crippen LogP contribution in [0.5, 0.6) is 17.2 Å². The van der Waals surface area contributed by atoms with Gasteiger partial charge in [0.15, 0.2) is 5.13 Å². The number of nitrogens with zero attached hydrogens (tertiary/aromatic N) is 1. The van der Waals surface area contributed by atoms with Crippen molar-refractivity contribution in [3.05, 3.63) is 36.4 Å². The van der Waals surface area contributed by atoms with E-state index < -0.39 is 10.0 Å². The van der Waals surface area contributed by atoms with Crippen molar-refractivity contribution in [3.8, 4) is 17.2 Å². The molecular formula is C16H16N2O5S2. The lowest BCUT2D eigenvalue weighted by molar-refractivity contribution is 0.386. The number of aromatic nitrogens is 1. The lowest BCUT2D eigenvalue weighted by atomic mass is 10.3. The fourth-order valence-corrected chi connectivity index (χ4v) is 4.52. The van der Waals surface area contributed by atoms with E-state index in [1.165, 1.54) is 37.7 Å². The Kier molecular flexibility index (Phi) is 4.69. The molecule has 3 aromatic rings. The van der Waals surface area contributed by atoms with Gasteiger partial charge in [0, 0.05) is 6.07 Å². The van der Waals surface area contributed by atoms with Crippen LogP contribution in [0.2, 0.25) is 0 Å². The van der Waals surface area contributed by atoms with E-state index in [1.54, 1.807) is 31.4 Å². The minimum absolute atomic E-state index is 0.00707. The number of rotatable bonds is 6. The van der Waals surface area contributed by atoms with E-state index in [-0.39, 0.29) is 15.8 Å². The largest absolute Gasteiger partial charge is 0.497 e. The number of thiazole rings is 1. The SMILES string of the molecule is COc1ccc(S(=O)(=O)Nc2nc3ccc(OC)cc3s2)c(OC)c1. The highest BCUT2D eigenvalue weighted by Crippen LogP contribution is 2.33. The summed E-state index contributed by atoms with van der Waals surface area (Å²) in [5.74, 6) is 1.37. The first-order chi connectivity index (χ1) is 12.0. The average Bonchev–Trinajstić information content (AvgIpc) is 3.01. The third-order valence-electron chi connectivity index (χ3n) is 3.48. The Bertz CT molecular complexity index is 1010. The third-order valence-corrected chi connectivity index (χ3v) is 5.92. The molecule has 1 N–H and O–H groups in total. The fraction of sp³-hybridized carbons (Fsp3) is 0.188. The summed E-state index contributed by atoms with van der Waals surface area (Å²) >= 11 is 1.22. The van der Waals surface area contributed by atoms with Gasteiger partial charge in [-0.3, -0.25) is 4.72 Å². The van der Waals surface area contributed by atoms with E-state index in [1.807, 2.05) is 0 Å². The maximum Gasteiger partial charge on any atom is 0.267 e. The van der Waals surface area contributed by atoms with Crippen LogP contribution in [0.15, 0.2) is 41.3 Å². The molecule has 0 bridgehead atoms. The van der Waals surface area contributed by atoms with Crippen LogP contribution in [0.25, 0.3) is 10.2 Å². The lowest BCUT2D eigenvalue weighted by Gasteiger charge is -2.11. The molecule has 0 fully saturated rings. The van der Waals surface area contributed by atoms with Crippen LogP contribution in [-0.2, 0) is 10.0 Å². The predicted octanol–water partition coefficient (Wildman–Crippen LogP) is 3.12. The van der Waals surface area contributed by atoms with E-state index >= 15 is 0 Å². The van der Waals surface area contributed by atoms with Gasteiger partial charge in [0.2, 0.25) is 0 Å². The first kappa shape index (κ1) is 17.3. The molecule has 9 heteroatoms. The number of anilines is 1. The highest BCUT2D eigenvalue weighted by molar-refractivity contribution is 7.93. The van der Waals surface area contributed by atoms with Crippen molar-refractivity contribution in [1.82, 2.24) is 4.98 Å². The van der Waals surface area contributed by atoms with Gasteiger partial charge in [0.1, 0.15) is 22.1 Å². The average molecular weight is 380 g/mol. The maximum absolute atomic E-state index is 12.7. The Morgan fingerprint density at radius 1 is 0.960 bits per heavy atom. The zero-order valence-corrected chi connectivity index (χ0v) is 15.4. The molecule has 0 saturated carbocycles. The van der Waals surface area contributed by atoms with Crippen molar-refractivity contribution < 1.29 is 22.6 Å². The first-order valence-electron chi connectivity index (χ1n) is 7.16. The van der Waals surface area contributed by atoms with Crippen LogP contribution in [0.4, 0.5) is 5.13 Å². The predicted molar refractivity (Wildman–Crippen MR) is 96.5 cm³/mol. The normalized spacial score (nSPS) is 11.3. The highest BCUT2D eigenvalue weighted by atomic mass is 32.2. The zero-order valence-electron chi connectivity index (χ0n) is 13.8. The summed E-state index contributed by atoms with van der Waals surface area (Å²) in [6, 6.07) is 9.84. The Morgan fingerprint density at radius 2 is 1.64 bits per heavy atom. The molecule has 132 valence electrons. The van der Waals surface area contributed by atoms with Crippen molar-refractivity contribution in [2.24, 2.45) is 0 Å². The molecular weight excluding hydrogens is 364 g/mol. The van der Waals surface area contributed by atoms with E-state index in [4.69, 9.17) is 14.2 Å². The number of sulfonamides is 1. The molecule has 0 saturated heterocycles. The molecule has 2 aromatic carbocycles. The second-order valence-corrected chi connectivity index (χ2v) is 7.66. The van der Waals surface area contributed by atoms with Gasteiger partial charge < -0.3 is 14.2 Å². The smallest absolute Gasteiger partial charge is 0.267 e. The number of nitrogens with one attached hydrogen (secondary N) is 1. The Hall–Kier alpha value is -2.52. The zero-order chi connectivity index (χ0) is 18.0. The number of fused-ring (bicyclic) bond motifs is 1. The molecule has 0 unspecified atom stereocenters. The van der Waals surface area contributed by atoms with E-state index in [0.29, 0.717) is 17.0 Å². The van der Waals surface area contributed by atoms with Gasteiger partial charge in [-0.1, -0.05) is 11.3 Å². The Labute approximate surface area is 149 Å². The number of methoxy groups -OCH3 is 3.